The Morgan fingerprint density at radius 1 is 1.20 bits per heavy atom. The van der Waals surface area contributed by atoms with Crippen molar-refractivity contribution in [1.29, 1.82) is 0 Å². The SMILES string of the molecule is CC(=O)Nc1cccc(C(=O)Nc2n[nH]c(C)c2C)c1. The molecule has 104 valence electrons. The largest absolute Gasteiger partial charge is 0.326 e. The van der Waals surface area contributed by atoms with Gasteiger partial charge in [0.1, 0.15) is 0 Å². The Morgan fingerprint density at radius 3 is 2.55 bits per heavy atom. The van der Waals surface area contributed by atoms with E-state index in [1.807, 2.05) is 13.8 Å². The molecule has 2 amide bonds. The fraction of sp³-hybridized carbons (Fsp3) is 0.214. The van der Waals surface area contributed by atoms with Gasteiger partial charge >= 0.3 is 0 Å². The molecule has 2 rings (SSSR count). The molecule has 0 radical (unpaired) electrons. The van der Waals surface area contributed by atoms with E-state index in [-0.39, 0.29) is 11.8 Å². The van der Waals surface area contributed by atoms with Crippen molar-refractivity contribution in [3.8, 4) is 0 Å². The zero-order valence-electron chi connectivity index (χ0n) is 11.6. The van der Waals surface area contributed by atoms with Crippen molar-refractivity contribution in [3.63, 3.8) is 0 Å². The van der Waals surface area contributed by atoms with Crippen LogP contribution in [0.15, 0.2) is 24.3 Å². The van der Waals surface area contributed by atoms with E-state index >= 15 is 0 Å². The van der Waals surface area contributed by atoms with Crippen molar-refractivity contribution in [2.75, 3.05) is 10.6 Å². The summed E-state index contributed by atoms with van der Waals surface area (Å²) in [5, 5.41) is 12.2. The summed E-state index contributed by atoms with van der Waals surface area (Å²) in [5.41, 5.74) is 2.85. The van der Waals surface area contributed by atoms with Crippen molar-refractivity contribution in [3.05, 3.63) is 41.1 Å². The number of rotatable bonds is 3. The summed E-state index contributed by atoms with van der Waals surface area (Å²) in [6.07, 6.45) is 0. The number of nitrogens with zero attached hydrogens (tertiary/aromatic N) is 1. The molecule has 2 aromatic rings. The fourth-order valence-corrected chi connectivity index (χ4v) is 1.73. The monoisotopic (exact) mass is 272 g/mol. The summed E-state index contributed by atoms with van der Waals surface area (Å²) >= 11 is 0. The second-order valence-electron chi connectivity index (χ2n) is 4.54. The minimum absolute atomic E-state index is 0.179. The van der Waals surface area contributed by atoms with Crippen LogP contribution in [-0.4, -0.2) is 22.0 Å². The van der Waals surface area contributed by atoms with E-state index in [0.717, 1.165) is 11.3 Å². The molecule has 0 spiro atoms. The predicted octanol–water partition coefficient (Wildman–Crippen LogP) is 2.24. The molecule has 6 nitrogen and oxygen atoms in total. The van der Waals surface area contributed by atoms with Gasteiger partial charge in [0.15, 0.2) is 5.82 Å². The first kappa shape index (κ1) is 13.8. The first-order chi connectivity index (χ1) is 9.47. The number of hydrogen-bond donors (Lipinski definition) is 3. The van der Waals surface area contributed by atoms with Crippen LogP contribution in [0.1, 0.15) is 28.5 Å². The lowest BCUT2D eigenvalue weighted by atomic mass is 10.2. The maximum atomic E-state index is 12.1. The van der Waals surface area contributed by atoms with Gasteiger partial charge in [-0.3, -0.25) is 14.7 Å². The van der Waals surface area contributed by atoms with Crippen molar-refractivity contribution in [2.24, 2.45) is 0 Å². The molecule has 0 aliphatic carbocycles. The third-order valence-corrected chi connectivity index (χ3v) is 2.93. The minimum atomic E-state index is -0.271. The summed E-state index contributed by atoms with van der Waals surface area (Å²) in [5.74, 6) is 0.0607. The van der Waals surface area contributed by atoms with Gasteiger partial charge in [0.2, 0.25) is 5.91 Å². The van der Waals surface area contributed by atoms with Gasteiger partial charge in [0.25, 0.3) is 5.91 Å². The topological polar surface area (TPSA) is 86.9 Å². The van der Waals surface area contributed by atoms with Crippen LogP contribution in [0.4, 0.5) is 11.5 Å². The van der Waals surface area contributed by atoms with Crippen molar-refractivity contribution < 1.29 is 9.59 Å². The number of carbonyl (C=O) groups is 2. The van der Waals surface area contributed by atoms with Crippen molar-refractivity contribution >= 4 is 23.3 Å². The Bertz CT molecular complexity index is 661. The number of aromatic amines is 1. The van der Waals surface area contributed by atoms with Crippen LogP contribution in [0.3, 0.4) is 0 Å². The molecule has 0 saturated carbocycles. The number of benzene rings is 1. The first-order valence-electron chi connectivity index (χ1n) is 6.18. The van der Waals surface area contributed by atoms with Crippen LogP contribution >= 0.6 is 0 Å². The third-order valence-electron chi connectivity index (χ3n) is 2.93. The minimum Gasteiger partial charge on any atom is -0.326 e. The van der Waals surface area contributed by atoms with Gasteiger partial charge in [-0.1, -0.05) is 6.07 Å². The average molecular weight is 272 g/mol. The van der Waals surface area contributed by atoms with Crippen molar-refractivity contribution in [2.45, 2.75) is 20.8 Å². The highest BCUT2D eigenvalue weighted by Crippen LogP contribution is 2.16. The lowest BCUT2D eigenvalue weighted by molar-refractivity contribution is -0.114. The van der Waals surface area contributed by atoms with E-state index in [9.17, 15) is 9.59 Å². The number of hydrogen-bond acceptors (Lipinski definition) is 3. The number of carbonyl (C=O) groups excluding carboxylic acids is 2. The van der Waals surface area contributed by atoms with Crippen LogP contribution < -0.4 is 10.6 Å². The molecular weight excluding hydrogens is 256 g/mol. The maximum absolute atomic E-state index is 12.1. The molecule has 6 heteroatoms. The zero-order chi connectivity index (χ0) is 14.7. The molecule has 0 unspecified atom stereocenters. The first-order valence-corrected chi connectivity index (χ1v) is 6.18. The van der Waals surface area contributed by atoms with Gasteiger partial charge < -0.3 is 10.6 Å². The standard InChI is InChI=1S/C14H16N4O2/c1-8-9(2)17-18-13(8)16-14(20)11-5-4-6-12(7-11)15-10(3)19/h4-7H,1-3H3,(H,15,19)(H2,16,17,18,20). The van der Waals surface area contributed by atoms with E-state index in [1.165, 1.54) is 6.92 Å². The zero-order valence-corrected chi connectivity index (χ0v) is 11.6. The van der Waals surface area contributed by atoms with E-state index < -0.39 is 0 Å². The quantitative estimate of drug-likeness (QED) is 0.800. The van der Waals surface area contributed by atoms with Gasteiger partial charge in [-0.25, -0.2) is 0 Å². The van der Waals surface area contributed by atoms with Gasteiger partial charge in [0.05, 0.1) is 0 Å². The molecule has 1 aromatic heterocycles. The van der Waals surface area contributed by atoms with Crippen LogP contribution in [0.25, 0.3) is 0 Å². The molecule has 20 heavy (non-hydrogen) atoms. The summed E-state index contributed by atoms with van der Waals surface area (Å²) in [6.45, 7) is 5.18. The number of nitrogens with one attached hydrogen (secondary N) is 3. The van der Waals surface area contributed by atoms with Crippen LogP contribution in [0.5, 0.6) is 0 Å². The summed E-state index contributed by atoms with van der Waals surface area (Å²) in [4.78, 5) is 23.1. The number of anilines is 2. The highest BCUT2D eigenvalue weighted by Gasteiger charge is 2.11. The lowest BCUT2D eigenvalue weighted by Gasteiger charge is -2.06. The van der Waals surface area contributed by atoms with Gasteiger partial charge in [-0.2, -0.15) is 5.10 Å². The Hall–Kier alpha value is -2.63. The second-order valence-corrected chi connectivity index (χ2v) is 4.54. The second kappa shape index (κ2) is 5.56. The predicted molar refractivity (Wildman–Crippen MR) is 76.8 cm³/mol. The maximum Gasteiger partial charge on any atom is 0.256 e. The number of H-pyrrole nitrogens is 1. The number of amides is 2. The van der Waals surface area contributed by atoms with Crippen LogP contribution in [0.2, 0.25) is 0 Å². The lowest BCUT2D eigenvalue weighted by Crippen LogP contribution is -2.14. The molecule has 0 bridgehead atoms. The normalized spacial score (nSPS) is 10.2. The van der Waals surface area contributed by atoms with Gasteiger partial charge in [-0.15, -0.1) is 0 Å². The number of aromatic nitrogens is 2. The molecule has 0 atom stereocenters. The molecule has 0 fully saturated rings. The molecule has 1 aromatic carbocycles. The Labute approximate surface area is 116 Å². The Balaban J connectivity index is 2.17. The summed E-state index contributed by atoms with van der Waals surface area (Å²) in [6, 6.07) is 6.73. The summed E-state index contributed by atoms with van der Waals surface area (Å²) < 4.78 is 0. The van der Waals surface area contributed by atoms with Crippen molar-refractivity contribution in [1.82, 2.24) is 10.2 Å². The Kier molecular flexibility index (Phi) is 3.84. The molecule has 0 saturated heterocycles. The highest BCUT2D eigenvalue weighted by atomic mass is 16.2. The smallest absolute Gasteiger partial charge is 0.256 e. The van der Waals surface area contributed by atoms with E-state index in [2.05, 4.69) is 20.8 Å². The fourth-order valence-electron chi connectivity index (χ4n) is 1.73. The molecule has 3 N–H and O–H groups in total. The van der Waals surface area contributed by atoms with E-state index in [0.29, 0.717) is 17.1 Å². The summed E-state index contributed by atoms with van der Waals surface area (Å²) in [7, 11) is 0. The Morgan fingerprint density at radius 2 is 1.95 bits per heavy atom. The number of aryl methyl sites for hydroxylation is 1. The van der Waals surface area contributed by atoms with Crippen LogP contribution in [0, 0.1) is 13.8 Å². The highest BCUT2D eigenvalue weighted by molar-refractivity contribution is 6.05. The third kappa shape index (κ3) is 3.03. The van der Waals surface area contributed by atoms with E-state index in [1.54, 1.807) is 24.3 Å². The van der Waals surface area contributed by atoms with Gasteiger partial charge in [0, 0.05) is 29.4 Å². The average Bonchev–Trinajstić information content (AvgIpc) is 2.70. The van der Waals surface area contributed by atoms with Gasteiger partial charge in [-0.05, 0) is 32.0 Å². The molecule has 0 aliphatic rings. The molecular formula is C14H16N4O2. The van der Waals surface area contributed by atoms with Crippen LogP contribution in [-0.2, 0) is 4.79 Å². The van der Waals surface area contributed by atoms with E-state index in [4.69, 9.17) is 0 Å². The molecule has 0 aliphatic heterocycles. The molecule has 1 heterocycles.